The van der Waals surface area contributed by atoms with Gasteiger partial charge in [0, 0.05) is 36.5 Å². The van der Waals surface area contributed by atoms with Crippen molar-refractivity contribution in [2.75, 3.05) is 6.54 Å². The van der Waals surface area contributed by atoms with Crippen LogP contribution in [0.1, 0.15) is 38.4 Å². The number of benzene rings is 2. The molecule has 34 heavy (non-hydrogen) atoms. The molecule has 2 aromatic heterocycles. The molecule has 4 aromatic rings. The molecule has 0 radical (unpaired) electrons. The lowest BCUT2D eigenvalue weighted by molar-refractivity contribution is -0.121. The third-order valence-corrected chi connectivity index (χ3v) is 6.35. The summed E-state index contributed by atoms with van der Waals surface area (Å²) in [4.78, 5) is 20.3. The highest BCUT2D eigenvalue weighted by atomic mass is 35.5. The van der Waals surface area contributed by atoms with Gasteiger partial charge in [0.2, 0.25) is 5.91 Å². The summed E-state index contributed by atoms with van der Waals surface area (Å²) < 4.78 is 4.44. The van der Waals surface area contributed by atoms with Gasteiger partial charge in [-0.25, -0.2) is 9.67 Å². The average Bonchev–Trinajstić information content (AvgIpc) is 3.40. The van der Waals surface area contributed by atoms with E-state index >= 15 is 0 Å². The molecule has 0 bridgehead atoms. The highest BCUT2D eigenvalue weighted by Gasteiger charge is 2.14. The van der Waals surface area contributed by atoms with Crippen LogP contribution in [0.15, 0.2) is 48.5 Å². The highest BCUT2D eigenvalue weighted by Crippen LogP contribution is 2.21. The zero-order valence-electron chi connectivity index (χ0n) is 19.3. The van der Waals surface area contributed by atoms with Crippen molar-refractivity contribution in [1.29, 1.82) is 0 Å². The maximum absolute atomic E-state index is 12.4. The summed E-state index contributed by atoms with van der Waals surface area (Å²) in [7, 11) is 0. The standard InChI is InChI=1S/C25H29ClN6OS/c1-2-3-16-31-24(18-10-12-19(26)13-11-18)30-32(25(31)34)17-14-23(33)27-15-6-9-22-28-20-7-4-5-8-21(20)29-22/h4-5,7-8,10-13H,2-3,6,9,14-17H2,1H3,(H,27,33)(H,28,29). The van der Waals surface area contributed by atoms with Crippen molar-refractivity contribution in [3.8, 4) is 11.4 Å². The largest absolute Gasteiger partial charge is 0.356 e. The van der Waals surface area contributed by atoms with Gasteiger partial charge in [-0.05, 0) is 61.5 Å². The van der Waals surface area contributed by atoms with E-state index in [1.165, 1.54) is 0 Å². The molecule has 178 valence electrons. The molecule has 0 atom stereocenters. The van der Waals surface area contributed by atoms with Crippen LogP contribution in [0.5, 0.6) is 0 Å². The third kappa shape index (κ3) is 5.93. The van der Waals surface area contributed by atoms with Crippen molar-refractivity contribution >= 4 is 40.8 Å². The van der Waals surface area contributed by atoms with E-state index in [2.05, 4.69) is 22.2 Å². The minimum absolute atomic E-state index is 0.0114. The fourth-order valence-corrected chi connectivity index (χ4v) is 4.26. The number of amides is 1. The van der Waals surface area contributed by atoms with Crippen molar-refractivity contribution in [3.63, 3.8) is 0 Å². The van der Waals surface area contributed by atoms with Gasteiger partial charge in [-0.2, -0.15) is 5.10 Å². The zero-order valence-corrected chi connectivity index (χ0v) is 20.8. The number of para-hydroxylation sites is 2. The summed E-state index contributed by atoms with van der Waals surface area (Å²) in [6, 6.07) is 15.6. The highest BCUT2D eigenvalue weighted by molar-refractivity contribution is 7.71. The van der Waals surface area contributed by atoms with Gasteiger partial charge in [0.05, 0.1) is 17.6 Å². The third-order valence-electron chi connectivity index (χ3n) is 5.66. The topological polar surface area (TPSA) is 80.5 Å². The summed E-state index contributed by atoms with van der Waals surface area (Å²) in [5.41, 5.74) is 2.96. The number of fused-ring (bicyclic) bond motifs is 1. The Morgan fingerprint density at radius 1 is 1.12 bits per heavy atom. The van der Waals surface area contributed by atoms with Gasteiger partial charge in [0.1, 0.15) is 5.82 Å². The van der Waals surface area contributed by atoms with Crippen molar-refractivity contribution in [1.82, 2.24) is 29.6 Å². The van der Waals surface area contributed by atoms with Gasteiger partial charge in [0.25, 0.3) is 0 Å². The number of halogens is 1. The van der Waals surface area contributed by atoms with E-state index in [-0.39, 0.29) is 5.91 Å². The van der Waals surface area contributed by atoms with Crippen LogP contribution in [0.3, 0.4) is 0 Å². The maximum Gasteiger partial charge on any atom is 0.221 e. The van der Waals surface area contributed by atoms with Gasteiger partial charge < -0.3 is 10.3 Å². The lowest BCUT2D eigenvalue weighted by atomic mass is 10.2. The molecule has 0 spiro atoms. The number of carbonyl (C=O) groups is 1. The molecule has 0 aliphatic heterocycles. The number of hydrogen-bond acceptors (Lipinski definition) is 4. The summed E-state index contributed by atoms with van der Waals surface area (Å²) in [6.45, 7) is 3.98. The quantitative estimate of drug-likeness (QED) is 0.211. The molecule has 4 rings (SSSR count). The van der Waals surface area contributed by atoms with E-state index in [9.17, 15) is 4.79 Å². The lowest BCUT2D eigenvalue weighted by Gasteiger charge is -2.06. The summed E-state index contributed by atoms with van der Waals surface area (Å²) in [5, 5.41) is 8.40. The molecule has 0 saturated heterocycles. The molecule has 0 aliphatic carbocycles. The Bertz CT molecular complexity index is 1270. The molecule has 2 aromatic carbocycles. The smallest absolute Gasteiger partial charge is 0.221 e. The van der Waals surface area contributed by atoms with Gasteiger partial charge in [-0.3, -0.25) is 9.36 Å². The number of nitrogens with zero attached hydrogens (tertiary/aromatic N) is 4. The summed E-state index contributed by atoms with van der Waals surface area (Å²) >= 11 is 11.7. The molecule has 0 saturated carbocycles. The Hall–Kier alpha value is -2.97. The van der Waals surface area contributed by atoms with Crippen molar-refractivity contribution < 1.29 is 4.79 Å². The molecule has 0 fully saturated rings. The Labute approximate surface area is 209 Å². The second-order valence-electron chi connectivity index (χ2n) is 8.25. The fraction of sp³-hybridized carbons (Fsp3) is 0.360. The van der Waals surface area contributed by atoms with Crippen LogP contribution in [-0.4, -0.2) is 36.8 Å². The van der Waals surface area contributed by atoms with E-state index in [0.717, 1.165) is 60.5 Å². The molecule has 2 N–H and O–H groups in total. The number of H-pyrrole nitrogens is 1. The second-order valence-corrected chi connectivity index (χ2v) is 9.05. The van der Waals surface area contributed by atoms with Gasteiger partial charge in [-0.1, -0.05) is 37.1 Å². The first-order valence-corrected chi connectivity index (χ1v) is 12.5. The van der Waals surface area contributed by atoms with Crippen molar-refractivity contribution in [3.05, 3.63) is 64.1 Å². The summed E-state index contributed by atoms with van der Waals surface area (Å²) in [6.07, 6.45) is 3.99. The van der Waals surface area contributed by atoms with Gasteiger partial charge >= 0.3 is 0 Å². The van der Waals surface area contributed by atoms with Gasteiger partial charge in [0.15, 0.2) is 10.6 Å². The first kappa shape index (κ1) is 24.2. The van der Waals surface area contributed by atoms with Crippen molar-refractivity contribution in [2.24, 2.45) is 0 Å². The molecule has 0 aliphatic rings. The average molecular weight is 497 g/mol. The normalized spacial score (nSPS) is 11.2. The minimum atomic E-state index is -0.0114. The minimum Gasteiger partial charge on any atom is -0.356 e. The number of hydrogen-bond donors (Lipinski definition) is 2. The molecular formula is C25H29ClN6OS. The van der Waals surface area contributed by atoms with Crippen LogP contribution >= 0.6 is 23.8 Å². The monoisotopic (exact) mass is 496 g/mol. The summed E-state index contributed by atoms with van der Waals surface area (Å²) in [5.74, 6) is 1.73. The van der Waals surface area contributed by atoms with E-state index in [4.69, 9.17) is 28.9 Å². The number of aromatic amines is 1. The van der Waals surface area contributed by atoms with Crippen LogP contribution in [0, 0.1) is 4.77 Å². The number of carbonyl (C=O) groups excluding carboxylic acids is 1. The van der Waals surface area contributed by atoms with Crippen LogP contribution in [0.25, 0.3) is 22.4 Å². The van der Waals surface area contributed by atoms with Crippen molar-refractivity contribution in [2.45, 2.75) is 52.1 Å². The number of aromatic nitrogens is 5. The SMILES string of the molecule is CCCCn1c(-c2ccc(Cl)cc2)nn(CCC(=O)NCCCc2nc3ccccc3[nH]2)c1=S. The Morgan fingerprint density at radius 3 is 2.68 bits per heavy atom. The first-order chi connectivity index (χ1) is 16.5. The number of nitrogens with one attached hydrogen (secondary N) is 2. The predicted molar refractivity (Wildman–Crippen MR) is 138 cm³/mol. The molecular weight excluding hydrogens is 468 g/mol. The maximum atomic E-state index is 12.4. The predicted octanol–water partition coefficient (Wildman–Crippen LogP) is 5.55. The van der Waals surface area contributed by atoms with E-state index in [1.807, 2.05) is 53.1 Å². The van der Waals surface area contributed by atoms with Crippen LogP contribution in [0.2, 0.25) is 5.02 Å². The van der Waals surface area contributed by atoms with E-state index < -0.39 is 0 Å². The van der Waals surface area contributed by atoms with Crippen LogP contribution < -0.4 is 5.32 Å². The fourth-order valence-electron chi connectivity index (χ4n) is 3.82. The van der Waals surface area contributed by atoms with Gasteiger partial charge in [-0.15, -0.1) is 0 Å². The van der Waals surface area contributed by atoms with Crippen LogP contribution in [-0.2, 0) is 24.3 Å². The zero-order chi connectivity index (χ0) is 23.9. The first-order valence-electron chi connectivity index (χ1n) is 11.7. The van der Waals surface area contributed by atoms with E-state index in [1.54, 1.807) is 4.68 Å². The number of aryl methyl sites for hydroxylation is 2. The Morgan fingerprint density at radius 2 is 1.91 bits per heavy atom. The Kier molecular flexibility index (Phi) is 8.13. The molecule has 2 heterocycles. The second kappa shape index (κ2) is 11.4. The molecule has 9 heteroatoms. The van der Waals surface area contributed by atoms with E-state index in [0.29, 0.717) is 29.3 Å². The Balaban J connectivity index is 1.31. The molecule has 1 amide bonds. The molecule has 7 nitrogen and oxygen atoms in total. The number of imidazole rings is 1. The number of rotatable bonds is 11. The lowest BCUT2D eigenvalue weighted by Crippen LogP contribution is -2.26. The molecule has 0 unspecified atom stereocenters. The van der Waals surface area contributed by atoms with Crippen LogP contribution in [0.4, 0.5) is 0 Å². The number of unbranched alkanes of at least 4 members (excludes halogenated alkanes) is 1.